The van der Waals surface area contributed by atoms with Crippen molar-refractivity contribution in [2.45, 2.75) is 32.7 Å². The van der Waals surface area contributed by atoms with Crippen LogP contribution in [0.3, 0.4) is 0 Å². The van der Waals surface area contributed by atoms with Gasteiger partial charge in [0, 0.05) is 19.2 Å². The minimum absolute atomic E-state index is 0.170. The Hall–Kier alpha value is -2.63. The van der Waals surface area contributed by atoms with E-state index in [1.54, 1.807) is 11.0 Å². The van der Waals surface area contributed by atoms with Gasteiger partial charge in [-0.2, -0.15) is 10.2 Å². The van der Waals surface area contributed by atoms with Crippen molar-refractivity contribution >= 4 is 46.2 Å². The van der Waals surface area contributed by atoms with Crippen molar-refractivity contribution in [2.24, 2.45) is 0 Å². The van der Waals surface area contributed by atoms with Gasteiger partial charge in [0.15, 0.2) is 0 Å². The molecule has 0 spiro atoms. The molecular weight excluding hydrogens is 404 g/mol. The topological polar surface area (TPSA) is 73.4 Å². The SMILES string of the molecule is Cc1ccc(CN2C(=O)/C(=C\c3nc(C#N)c(N4CCCCC4)o3)SC2=S)cc1. The smallest absolute Gasteiger partial charge is 0.266 e. The Balaban J connectivity index is 1.54. The molecule has 2 aromatic rings. The number of hydrogen-bond donors (Lipinski definition) is 0. The van der Waals surface area contributed by atoms with Gasteiger partial charge in [-0.25, -0.2) is 0 Å². The van der Waals surface area contributed by atoms with E-state index in [0.717, 1.165) is 31.5 Å². The van der Waals surface area contributed by atoms with Crippen LogP contribution in [0.5, 0.6) is 0 Å². The molecule has 0 N–H and O–H groups in total. The van der Waals surface area contributed by atoms with E-state index in [2.05, 4.69) is 16.0 Å². The van der Waals surface area contributed by atoms with Crippen molar-refractivity contribution in [1.82, 2.24) is 9.88 Å². The fraction of sp³-hybridized carbons (Fsp3) is 0.333. The van der Waals surface area contributed by atoms with Gasteiger partial charge < -0.3 is 9.32 Å². The number of carbonyl (C=O) groups excluding carboxylic acids is 1. The second-order valence-electron chi connectivity index (χ2n) is 7.12. The molecule has 0 bridgehead atoms. The number of piperidine rings is 1. The summed E-state index contributed by atoms with van der Waals surface area (Å²) in [7, 11) is 0. The zero-order chi connectivity index (χ0) is 20.4. The molecule has 2 aliphatic heterocycles. The summed E-state index contributed by atoms with van der Waals surface area (Å²) in [4.78, 5) is 21.2. The van der Waals surface area contributed by atoms with Crippen molar-refractivity contribution in [1.29, 1.82) is 5.26 Å². The maximum Gasteiger partial charge on any atom is 0.266 e. The Morgan fingerprint density at radius 1 is 1.28 bits per heavy atom. The van der Waals surface area contributed by atoms with E-state index in [-0.39, 0.29) is 17.5 Å². The third kappa shape index (κ3) is 4.21. The van der Waals surface area contributed by atoms with Crippen molar-refractivity contribution in [3.8, 4) is 6.07 Å². The van der Waals surface area contributed by atoms with Gasteiger partial charge in [-0.15, -0.1) is 0 Å². The lowest BCUT2D eigenvalue weighted by molar-refractivity contribution is -0.122. The maximum atomic E-state index is 12.9. The molecule has 0 aliphatic carbocycles. The van der Waals surface area contributed by atoms with Crippen LogP contribution in [-0.2, 0) is 11.3 Å². The molecule has 2 aliphatic rings. The molecule has 148 valence electrons. The molecule has 0 radical (unpaired) electrons. The van der Waals surface area contributed by atoms with Crippen molar-refractivity contribution in [3.63, 3.8) is 0 Å². The summed E-state index contributed by atoms with van der Waals surface area (Å²) in [6.45, 7) is 4.15. The number of amides is 1. The molecular formula is C21H20N4O2S2. The Morgan fingerprint density at radius 3 is 2.69 bits per heavy atom. The lowest BCUT2D eigenvalue weighted by atomic mass is 10.1. The van der Waals surface area contributed by atoms with Crippen LogP contribution in [0.2, 0.25) is 0 Å². The molecule has 2 saturated heterocycles. The predicted octanol–water partition coefficient (Wildman–Crippen LogP) is 4.25. The molecule has 8 heteroatoms. The number of aromatic nitrogens is 1. The van der Waals surface area contributed by atoms with Gasteiger partial charge in [-0.3, -0.25) is 9.69 Å². The number of aryl methyl sites for hydroxylation is 1. The van der Waals surface area contributed by atoms with E-state index in [4.69, 9.17) is 16.6 Å². The average molecular weight is 425 g/mol. The molecule has 0 saturated carbocycles. The number of anilines is 1. The Bertz CT molecular complexity index is 1010. The third-order valence-corrected chi connectivity index (χ3v) is 6.34. The molecule has 1 aromatic carbocycles. The van der Waals surface area contributed by atoms with Crippen LogP contribution in [0.4, 0.5) is 5.88 Å². The highest BCUT2D eigenvalue weighted by atomic mass is 32.2. The Labute approximate surface area is 179 Å². The Morgan fingerprint density at radius 2 is 2.00 bits per heavy atom. The summed E-state index contributed by atoms with van der Waals surface area (Å²) in [6, 6.07) is 10.1. The highest BCUT2D eigenvalue weighted by molar-refractivity contribution is 8.26. The molecule has 2 fully saturated rings. The first-order valence-electron chi connectivity index (χ1n) is 9.52. The summed E-state index contributed by atoms with van der Waals surface area (Å²) < 4.78 is 6.35. The van der Waals surface area contributed by atoms with E-state index < -0.39 is 0 Å². The average Bonchev–Trinajstić information content (AvgIpc) is 3.26. The lowest BCUT2D eigenvalue weighted by Crippen LogP contribution is -2.29. The quantitative estimate of drug-likeness (QED) is 0.537. The van der Waals surface area contributed by atoms with Crippen molar-refractivity contribution < 1.29 is 9.21 Å². The normalized spacial score (nSPS) is 18.6. The maximum absolute atomic E-state index is 12.9. The molecule has 29 heavy (non-hydrogen) atoms. The van der Waals surface area contributed by atoms with Gasteiger partial charge in [0.05, 0.1) is 11.4 Å². The molecule has 6 nitrogen and oxygen atoms in total. The van der Waals surface area contributed by atoms with Gasteiger partial charge in [0.25, 0.3) is 5.91 Å². The molecule has 1 amide bonds. The highest BCUT2D eigenvalue weighted by Gasteiger charge is 2.33. The largest absolute Gasteiger partial charge is 0.420 e. The summed E-state index contributed by atoms with van der Waals surface area (Å²) in [5.41, 5.74) is 2.44. The standard InChI is InChI=1S/C21H20N4O2S2/c1-14-5-7-15(8-6-14)13-25-19(26)17(29-21(25)28)11-18-23-16(12-22)20(27-18)24-9-3-2-4-10-24/h5-8,11H,2-4,9-10,13H2,1H3/b17-11+. The second-order valence-corrected chi connectivity index (χ2v) is 8.79. The summed E-state index contributed by atoms with van der Waals surface area (Å²) in [6.07, 6.45) is 4.91. The fourth-order valence-corrected chi connectivity index (χ4v) is 4.62. The number of hydrogen-bond acceptors (Lipinski definition) is 7. The number of oxazole rings is 1. The summed E-state index contributed by atoms with van der Waals surface area (Å²) in [5, 5.41) is 9.42. The van der Waals surface area contributed by atoms with Gasteiger partial charge in [0.1, 0.15) is 10.4 Å². The minimum Gasteiger partial charge on any atom is -0.420 e. The van der Waals surface area contributed by atoms with Crippen molar-refractivity contribution in [3.05, 3.63) is 51.9 Å². The number of rotatable bonds is 4. The van der Waals surface area contributed by atoms with Crippen LogP contribution in [0, 0.1) is 18.3 Å². The van der Waals surface area contributed by atoms with Crippen LogP contribution in [0.25, 0.3) is 6.08 Å². The van der Waals surface area contributed by atoms with Crippen molar-refractivity contribution in [2.75, 3.05) is 18.0 Å². The van der Waals surface area contributed by atoms with Crippen LogP contribution in [0.15, 0.2) is 33.6 Å². The number of thioether (sulfide) groups is 1. The third-order valence-electron chi connectivity index (χ3n) is 4.96. The van der Waals surface area contributed by atoms with E-state index >= 15 is 0 Å². The van der Waals surface area contributed by atoms with E-state index in [1.807, 2.05) is 31.2 Å². The van der Waals surface area contributed by atoms with E-state index in [9.17, 15) is 10.1 Å². The first-order valence-corrected chi connectivity index (χ1v) is 10.7. The van der Waals surface area contributed by atoms with E-state index in [1.165, 1.54) is 23.7 Å². The minimum atomic E-state index is -0.170. The van der Waals surface area contributed by atoms with Gasteiger partial charge in [-0.1, -0.05) is 53.8 Å². The van der Waals surface area contributed by atoms with Gasteiger partial charge in [0.2, 0.25) is 17.5 Å². The zero-order valence-corrected chi connectivity index (χ0v) is 17.7. The van der Waals surface area contributed by atoms with Crippen LogP contribution in [0.1, 0.15) is 42.0 Å². The lowest BCUT2D eigenvalue weighted by Gasteiger charge is -2.25. The molecule has 0 atom stereocenters. The number of benzene rings is 1. The number of nitriles is 1. The molecule has 4 rings (SSSR count). The number of carbonyl (C=O) groups is 1. The number of thiocarbonyl (C=S) groups is 1. The van der Waals surface area contributed by atoms with Crippen LogP contribution in [-0.4, -0.2) is 33.2 Å². The molecule has 3 heterocycles. The Kier molecular flexibility index (Phi) is 5.69. The highest BCUT2D eigenvalue weighted by Crippen LogP contribution is 2.34. The van der Waals surface area contributed by atoms with E-state index in [0.29, 0.717) is 21.7 Å². The van der Waals surface area contributed by atoms with Crippen LogP contribution >= 0.6 is 24.0 Å². The van der Waals surface area contributed by atoms with Crippen LogP contribution < -0.4 is 4.90 Å². The predicted molar refractivity (Wildman–Crippen MR) is 117 cm³/mol. The first-order chi connectivity index (χ1) is 14.0. The number of nitrogens with zero attached hydrogens (tertiary/aromatic N) is 4. The second kappa shape index (κ2) is 8.39. The fourth-order valence-electron chi connectivity index (χ4n) is 3.40. The summed E-state index contributed by atoms with van der Waals surface area (Å²) >= 11 is 6.64. The molecule has 1 aromatic heterocycles. The summed E-state index contributed by atoms with van der Waals surface area (Å²) in [5.74, 6) is 0.586. The zero-order valence-electron chi connectivity index (χ0n) is 16.1. The first kappa shape index (κ1) is 19.7. The molecule has 0 unspecified atom stereocenters. The van der Waals surface area contributed by atoms with Gasteiger partial charge in [-0.05, 0) is 31.7 Å². The van der Waals surface area contributed by atoms with Gasteiger partial charge >= 0.3 is 0 Å². The monoisotopic (exact) mass is 424 g/mol.